The lowest BCUT2D eigenvalue weighted by Gasteiger charge is -2.13. The molecule has 1 aromatic carbocycles. The molecule has 1 amide bonds. The highest BCUT2D eigenvalue weighted by molar-refractivity contribution is 8.13. The minimum atomic E-state index is -0.414. The topological polar surface area (TPSA) is 81.5 Å². The second kappa shape index (κ2) is 5.91. The molecule has 0 fully saturated rings. The fraction of sp³-hybridized carbons (Fsp3) is 0.385. The molecule has 0 saturated heterocycles. The van der Waals surface area contributed by atoms with E-state index in [1.165, 1.54) is 11.8 Å². The number of aliphatic imine (C=N–C) groups is 1. The highest BCUT2D eigenvalue weighted by Gasteiger charge is 2.08. The van der Waals surface area contributed by atoms with Crippen molar-refractivity contribution in [2.75, 3.05) is 0 Å². The maximum atomic E-state index is 10.9. The third-order valence-electron chi connectivity index (χ3n) is 2.07. The van der Waals surface area contributed by atoms with Crippen molar-refractivity contribution in [1.29, 1.82) is 0 Å². The van der Waals surface area contributed by atoms with Gasteiger partial charge in [-0.15, -0.1) is 0 Å². The van der Waals surface area contributed by atoms with Crippen molar-refractivity contribution in [3.8, 4) is 0 Å². The zero-order chi connectivity index (χ0) is 13.8. The maximum Gasteiger partial charge on any atom is 0.248 e. The summed E-state index contributed by atoms with van der Waals surface area (Å²) in [5.74, 6) is 0.313. The van der Waals surface area contributed by atoms with Crippen LogP contribution in [-0.2, 0) is 5.75 Å². The number of nitrogens with zero attached hydrogens (tertiary/aromatic N) is 1. The van der Waals surface area contributed by atoms with E-state index in [-0.39, 0.29) is 5.54 Å². The quantitative estimate of drug-likeness (QED) is 0.649. The van der Waals surface area contributed by atoms with E-state index in [4.69, 9.17) is 11.5 Å². The molecule has 18 heavy (non-hydrogen) atoms. The van der Waals surface area contributed by atoms with Crippen LogP contribution >= 0.6 is 11.8 Å². The molecule has 4 N–H and O–H groups in total. The molecule has 0 aliphatic carbocycles. The number of amides is 1. The number of carbonyl (C=O) groups excluding carboxylic acids is 1. The number of amidine groups is 1. The van der Waals surface area contributed by atoms with Crippen LogP contribution in [0.25, 0.3) is 0 Å². The van der Waals surface area contributed by atoms with Crippen LogP contribution in [0.15, 0.2) is 29.3 Å². The Morgan fingerprint density at radius 3 is 2.22 bits per heavy atom. The van der Waals surface area contributed by atoms with Crippen LogP contribution in [-0.4, -0.2) is 16.6 Å². The molecule has 1 rings (SSSR count). The maximum absolute atomic E-state index is 10.9. The number of nitrogens with two attached hydrogens (primary N) is 2. The lowest BCUT2D eigenvalue weighted by atomic mass is 10.1. The van der Waals surface area contributed by atoms with Gasteiger partial charge in [0.05, 0.1) is 5.54 Å². The van der Waals surface area contributed by atoms with Gasteiger partial charge >= 0.3 is 0 Å². The van der Waals surface area contributed by atoms with Gasteiger partial charge in [0, 0.05) is 11.3 Å². The summed E-state index contributed by atoms with van der Waals surface area (Å²) in [6.07, 6.45) is 0. The average molecular weight is 265 g/mol. The lowest BCUT2D eigenvalue weighted by molar-refractivity contribution is 0.100. The number of primary amides is 1. The van der Waals surface area contributed by atoms with Gasteiger partial charge in [-0.3, -0.25) is 9.79 Å². The first-order valence-electron chi connectivity index (χ1n) is 5.65. The Morgan fingerprint density at radius 1 is 1.22 bits per heavy atom. The SMILES string of the molecule is CC(C)(C)N=C(N)SCc1ccc(C(N)=O)cc1. The highest BCUT2D eigenvalue weighted by atomic mass is 32.2. The van der Waals surface area contributed by atoms with Crippen molar-refractivity contribution in [2.45, 2.75) is 32.1 Å². The molecule has 0 bridgehead atoms. The van der Waals surface area contributed by atoms with Gasteiger partial charge in [0.1, 0.15) is 0 Å². The molecular formula is C13H19N3OS. The van der Waals surface area contributed by atoms with Crippen LogP contribution in [0.1, 0.15) is 36.7 Å². The van der Waals surface area contributed by atoms with E-state index in [1.54, 1.807) is 12.1 Å². The largest absolute Gasteiger partial charge is 0.379 e. The Kier molecular flexibility index (Phi) is 4.78. The number of hydrogen-bond donors (Lipinski definition) is 2. The van der Waals surface area contributed by atoms with E-state index in [9.17, 15) is 4.79 Å². The Hall–Kier alpha value is -1.49. The highest BCUT2D eigenvalue weighted by Crippen LogP contribution is 2.15. The lowest BCUT2D eigenvalue weighted by Crippen LogP contribution is -2.17. The van der Waals surface area contributed by atoms with Crippen LogP contribution < -0.4 is 11.5 Å². The molecule has 0 aliphatic rings. The van der Waals surface area contributed by atoms with Gasteiger partial charge in [0.15, 0.2) is 5.17 Å². The van der Waals surface area contributed by atoms with Crippen LogP contribution in [0.2, 0.25) is 0 Å². The van der Waals surface area contributed by atoms with E-state index in [0.717, 1.165) is 11.3 Å². The van der Waals surface area contributed by atoms with E-state index >= 15 is 0 Å². The molecule has 0 unspecified atom stereocenters. The van der Waals surface area contributed by atoms with Gasteiger partial charge in [-0.05, 0) is 38.5 Å². The molecule has 0 radical (unpaired) electrons. The normalized spacial score (nSPS) is 12.5. The first-order chi connectivity index (χ1) is 8.28. The second-order valence-corrected chi connectivity index (χ2v) is 5.97. The fourth-order valence-electron chi connectivity index (χ4n) is 1.29. The zero-order valence-corrected chi connectivity index (χ0v) is 11.8. The Bertz CT molecular complexity index is 446. The fourth-order valence-corrected chi connectivity index (χ4v) is 2.13. The molecular weight excluding hydrogens is 246 g/mol. The summed E-state index contributed by atoms with van der Waals surface area (Å²) in [6, 6.07) is 7.18. The Labute approximate surface area is 112 Å². The third kappa shape index (κ3) is 5.23. The van der Waals surface area contributed by atoms with Gasteiger partial charge in [-0.2, -0.15) is 0 Å². The predicted molar refractivity (Wildman–Crippen MR) is 77.6 cm³/mol. The average Bonchev–Trinajstić information content (AvgIpc) is 2.24. The van der Waals surface area contributed by atoms with Crippen molar-refractivity contribution in [1.82, 2.24) is 0 Å². The van der Waals surface area contributed by atoms with Gasteiger partial charge in [0.2, 0.25) is 5.91 Å². The molecule has 0 atom stereocenters. The summed E-state index contributed by atoms with van der Waals surface area (Å²) in [4.78, 5) is 15.3. The monoisotopic (exact) mass is 265 g/mol. The molecule has 98 valence electrons. The Morgan fingerprint density at radius 2 is 1.78 bits per heavy atom. The first-order valence-corrected chi connectivity index (χ1v) is 6.63. The molecule has 0 saturated carbocycles. The summed E-state index contributed by atoms with van der Waals surface area (Å²) in [6.45, 7) is 6.01. The summed E-state index contributed by atoms with van der Waals surface area (Å²) in [5, 5.41) is 0.571. The van der Waals surface area contributed by atoms with Gasteiger partial charge in [0.25, 0.3) is 0 Å². The van der Waals surface area contributed by atoms with Gasteiger partial charge < -0.3 is 11.5 Å². The Balaban J connectivity index is 2.59. The number of hydrogen-bond acceptors (Lipinski definition) is 3. The van der Waals surface area contributed by atoms with E-state index in [1.807, 2.05) is 32.9 Å². The van der Waals surface area contributed by atoms with E-state index in [0.29, 0.717) is 10.7 Å². The van der Waals surface area contributed by atoms with Crippen molar-refractivity contribution >= 4 is 22.8 Å². The number of thioether (sulfide) groups is 1. The second-order valence-electron chi connectivity index (χ2n) is 4.97. The van der Waals surface area contributed by atoms with Crippen LogP contribution in [0, 0.1) is 0 Å². The van der Waals surface area contributed by atoms with Crippen molar-refractivity contribution in [3.63, 3.8) is 0 Å². The summed E-state index contributed by atoms with van der Waals surface area (Å²) < 4.78 is 0. The number of benzene rings is 1. The standard InChI is InChI=1S/C13H19N3OS/c1-13(2,3)16-12(15)18-8-9-4-6-10(7-5-9)11(14)17/h4-7H,8H2,1-3H3,(H2,14,17)(H2,15,16). The van der Waals surface area contributed by atoms with Crippen molar-refractivity contribution in [3.05, 3.63) is 35.4 Å². The predicted octanol–water partition coefficient (Wildman–Crippen LogP) is 2.13. The van der Waals surface area contributed by atoms with Crippen LogP contribution in [0.4, 0.5) is 0 Å². The smallest absolute Gasteiger partial charge is 0.248 e. The first kappa shape index (κ1) is 14.6. The third-order valence-corrected chi connectivity index (χ3v) is 2.94. The molecule has 5 heteroatoms. The zero-order valence-electron chi connectivity index (χ0n) is 10.9. The molecule has 0 aliphatic heterocycles. The molecule has 0 aromatic heterocycles. The molecule has 4 nitrogen and oxygen atoms in total. The minimum absolute atomic E-state index is 0.160. The van der Waals surface area contributed by atoms with Gasteiger partial charge in [-0.1, -0.05) is 23.9 Å². The van der Waals surface area contributed by atoms with Crippen molar-refractivity contribution < 1.29 is 4.79 Å². The summed E-state index contributed by atoms with van der Waals surface area (Å²) in [7, 11) is 0. The number of rotatable bonds is 3. The van der Waals surface area contributed by atoms with Gasteiger partial charge in [-0.25, -0.2) is 0 Å². The number of carbonyl (C=O) groups is 1. The minimum Gasteiger partial charge on any atom is -0.379 e. The molecule has 0 spiro atoms. The van der Waals surface area contributed by atoms with E-state index < -0.39 is 5.91 Å². The molecule has 1 aromatic rings. The van der Waals surface area contributed by atoms with Crippen LogP contribution in [0.3, 0.4) is 0 Å². The van der Waals surface area contributed by atoms with Crippen molar-refractivity contribution in [2.24, 2.45) is 16.5 Å². The molecule has 0 heterocycles. The van der Waals surface area contributed by atoms with E-state index in [2.05, 4.69) is 4.99 Å². The summed E-state index contributed by atoms with van der Waals surface area (Å²) >= 11 is 1.48. The van der Waals surface area contributed by atoms with Crippen LogP contribution in [0.5, 0.6) is 0 Å². The summed E-state index contributed by atoms with van der Waals surface area (Å²) in [5.41, 5.74) is 12.4.